The number of hydrogen-bond donors (Lipinski definition) is 0. The van der Waals surface area contributed by atoms with Gasteiger partial charge >= 0.3 is 22.4 Å². The summed E-state index contributed by atoms with van der Waals surface area (Å²) in [6.07, 6.45) is 5.12. The van der Waals surface area contributed by atoms with E-state index in [9.17, 15) is 0 Å². The Hall–Kier alpha value is 0.540. The van der Waals surface area contributed by atoms with E-state index >= 15 is 0 Å². The smallest absolute Gasteiger partial charge is 0.548 e. The van der Waals surface area contributed by atoms with Crippen LogP contribution in [-0.2, 0) is 46.1 Å². The second-order valence-electron chi connectivity index (χ2n) is 5.69. The van der Waals surface area contributed by atoms with E-state index in [1.807, 2.05) is 34.3 Å². The van der Waals surface area contributed by atoms with Gasteiger partial charge in [0.1, 0.15) is 12.2 Å². The Morgan fingerprint density at radius 1 is 0.750 bits per heavy atom. The van der Waals surface area contributed by atoms with Crippen LogP contribution in [0.15, 0.2) is 0 Å². The summed E-state index contributed by atoms with van der Waals surface area (Å²) in [5, 5.41) is 0. The molecule has 6 heteroatoms. The molecule has 0 aromatic rings. The maximum Gasteiger partial charge on any atom is 2.00 e. The van der Waals surface area contributed by atoms with Crippen LogP contribution < -0.4 is 0 Å². The molecule has 2 aliphatic heterocycles. The van der Waals surface area contributed by atoms with Gasteiger partial charge in [-0.15, -0.1) is 6.42 Å². The molecule has 6 atom stereocenters. The molecule has 2 rings (SSSR count). The molecule has 2 saturated heterocycles. The molecule has 0 spiro atoms. The van der Waals surface area contributed by atoms with Gasteiger partial charge in [-0.3, -0.25) is 0 Å². The zero-order chi connectivity index (χ0) is 20.5. The average molecular weight is 486 g/mol. The minimum atomic E-state index is 0. The zero-order valence-electron chi connectivity index (χ0n) is 20.4. The van der Waals surface area contributed by atoms with Gasteiger partial charge in [-0.05, 0) is 19.3 Å². The summed E-state index contributed by atoms with van der Waals surface area (Å²) in [7, 11) is 5.18. The summed E-state index contributed by atoms with van der Waals surface area (Å²) in [6.45, 7) is 16.2. The minimum absolute atomic E-state index is 0. The second-order valence-corrected chi connectivity index (χ2v) is 5.69. The van der Waals surface area contributed by atoms with Crippen molar-refractivity contribution in [2.24, 2.45) is 0 Å². The summed E-state index contributed by atoms with van der Waals surface area (Å²) >= 11 is 0. The number of methoxy groups -OCH3 is 3. The molecule has 0 bridgehead atoms. The summed E-state index contributed by atoms with van der Waals surface area (Å²) < 4.78 is 27.0. The molecule has 0 aliphatic carbocycles. The SMILES string of the molecule is CC.CC.CCC1OC(CC)C(OC)C1OC.CCC1O[CH-]CC1OC.[CH3-].[Nb+2]. The van der Waals surface area contributed by atoms with Crippen molar-refractivity contribution in [3.63, 3.8) is 0 Å². The van der Waals surface area contributed by atoms with Gasteiger partial charge in [0, 0.05) is 27.4 Å². The Kier molecular flexibility index (Phi) is 30.6. The van der Waals surface area contributed by atoms with E-state index in [1.165, 1.54) is 0 Å². The van der Waals surface area contributed by atoms with Crippen LogP contribution in [0.2, 0.25) is 0 Å². The predicted molar refractivity (Wildman–Crippen MR) is 115 cm³/mol. The Morgan fingerprint density at radius 2 is 1.14 bits per heavy atom. The Balaban J connectivity index is -0.000000170. The minimum Gasteiger partial charge on any atom is -0.548 e. The van der Waals surface area contributed by atoms with Crippen molar-refractivity contribution in [2.75, 3.05) is 21.3 Å². The molecule has 6 unspecified atom stereocenters. The van der Waals surface area contributed by atoms with Gasteiger partial charge in [-0.1, -0.05) is 48.5 Å². The predicted octanol–water partition coefficient (Wildman–Crippen LogP) is 5.47. The van der Waals surface area contributed by atoms with Crippen molar-refractivity contribution in [3.8, 4) is 0 Å². The first-order valence-electron chi connectivity index (χ1n) is 10.4. The quantitative estimate of drug-likeness (QED) is 0.369. The summed E-state index contributed by atoms with van der Waals surface area (Å²) in [6, 6.07) is 0. The zero-order valence-corrected chi connectivity index (χ0v) is 22.6. The van der Waals surface area contributed by atoms with Crippen LogP contribution in [-0.4, -0.2) is 58.0 Å². The van der Waals surface area contributed by atoms with Crippen LogP contribution in [0, 0.1) is 14.0 Å². The van der Waals surface area contributed by atoms with Gasteiger partial charge in [-0.25, -0.2) is 6.61 Å². The Morgan fingerprint density at radius 3 is 1.39 bits per heavy atom. The van der Waals surface area contributed by atoms with Crippen LogP contribution in [0.5, 0.6) is 0 Å². The third-order valence-electron chi connectivity index (χ3n) is 4.47. The Bertz CT molecular complexity index is 268. The van der Waals surface area contributed by atoms with Crippen LogP contribution in [0.25, 0.3) is 0 Å². The van der Waals surface area contributed by atoms with Gasteiger partial charge in [-0.2, -0.15) is 0 Å². The van der Waals surface area contributed by atoms with Crippen molar-refractivity contribution < 1.29 is 46.1 Å². The molecule has 2 fully saturated rings. The van der Waals surface area contributed by atoms with Crippen molar-refractivity contribution in [3.05, 3.63) is 14.0 Å². The fourth-order valence-electron chi connectivity index (χ4n) is 3.15. The Labute approximate surface area is 192 Å². The summed E-state index contributed by atoms with van der Waals surface area (Å²) in [5.74, 6) is 0. The summed E-state index contributed by atoms with van der Waals surface area (Å²) in [4.78, 5) is 0. The van der Waals surface area contributed by atoms with E-state index in [0.717, 1.165) is 25.7 Å². The van der Waals surface area contributed by atoms with E-state index in [4.69, 9.17) is 23.7 Å². The molecular weight excluding hydrogens is 437 g/mol. The van der Waals surface area contributed by atoms with Gasteiger partial charge in [0.2, 0.25) is 0 Å². The van der Waals surface area contributed by atoms with Gasteiger partial charge in [0.05, 0.1) is 18.3 Å². The third-order valence-corrected chi connectivity index (χ3v) is 4.47. The van der Waals surface area contributed by atoms with Crippen LogP contribution in [0.4, 0.5) is 0 Å². The summed E-state index contributed by atoms with van der Waals surface area (Å²) in [5.41, 5.74) is 0. The number of rotatable bonds is 6. The molecule has 28 heavy (non-hydrogen) atoms. The third kappa shape index (κ3) is 11.7. The molecule has 5 nitrogen and oxygen atoms in total. The molecule has 1 radical (unpaired) electrons. The first-order valence-corrected chi connectivity index (χ1v) is 10.4. The monoisotopic (exact) mass is 485 g/mol. The van der Waals surface area contributed by atoms with Crippen molar-refractivity contribution in [1.82, 2.24) is 0 Å². The van der Waals surface area contributed by atoms with E-state index in [1.54, 1.807) is 21.3 Å². The second kappa shape index (κ2) is 23.8. The molecule has 2 aliphatic rings. The largest absolute Gasteiger partial charge is 2.00 e. The van der Waals surface area contributed by atoms with Crippen LogP contribution in [0.1, 0.15) is 74.1 Å². The molecule has 0 amide bonds. The molecule has 2 heterocycles. The first kappa shape index (κ1) is 35.9. The van der Waals surface area contributed by atoms with Crippen molar-refractivity contribution in [2.45, 2.75) is 111 Å². The number of ether oxygens (including phenoxy) is 5. The standard InChI is InChI=1S/C10H20O3.C7H13O2.2C2H6.CH3.Nb/c1-5-7-9(11-3)10(12-4)8(6-2)13-7;1-3-6-7(8-2)4-5-9-6;2*1-2;;/h7-10H,5-6H2,1-4H3;5-7H,3-4H2,1-2H3;2*1-2H3;1H3;/q;-1;;;-1;+2. The molecule has 0 aromatic carbocycles. The van der Waals surface area contributed by atoms with E-state index in [-0.39, 0.29) is 54.2 Å². The maximum absolute atomic E-state index is 5.82. The van der Waals surface area contributed by atoms with Crippen LogP contribution in [0.3, 0.4) is 0 Å². The normalized spacial score (nSPS) is 30.2. The molecule has 0 aromatic heterocycles. The van der Waals surface area contributed by atoms with Crippen LogP contribution >= 0.6 is 0 Å². The molecular formula is C22H48NbO5. The van der Waals surface area contributed by atoms with Gasteiger partial charge < -0.3 is 31.1 Å². The number of hydrogen-bond acceptors (Lipinski definition) is 5. The molecule has 0 N–H and O–H groups in total. The fraction of sp³-hybridized carbons (Fsp3) is 0.909. The van der Waals surface area contributed by atoms with E-state index in [0.29, 0.717) is 12.2 Å². The van der Waals surface area contributed by atoms with Crippen molar-refractivity contribution in [1.29, 1.82) is 0 Å². The average Bonchev–Trinajstić information content (AvgIpc) is 3.33. The first-order chi connectivity index (χ1) is 12.7. The van der Waals surface area contributed by atoms with E-state index in [2.05, 4.69) is 20.8 Å². The van der Waals surface area contributed by atoms with Crippen molar-refractivity contribution >= 4 is 0 Å². The molecule has 171 valence electrons. The van der Waals surface area contributed by atoms with Gasteiger partial charge in [0.15, 0.2) is 0 Å². The fourth-order valence-corrected chi connectivity index (χ4v) is 3.15. The van der Waals surface area contributed by atoms with Gasteiger partial charge in [0.25, 0.3) is 0 Å². The topological polar surface area (TPSA) is 46.2 Å². The molecule has 0 saturated carbocycles. The maximum atomic E-state index is 5.82. The van der Waals surface area contributed by atoms with E-state index < -0.39 is 0 Å².